The molecule has 0 saturated carbocycles. The average Bonchev–Trinajstić information content (AvgIpc) is 2.96. The monoisotopic (exact) mass is 291 g/mol. The van der Waals surface area contributed by atoms with Crippen LogP contribution in [-0.4, -0.2) is 19.7 Å². The SMILES string of the molecule is CCCn1c(Sc2nc3cc(N)ccc3o2)n[nH]c1=O. The van der Waals surface area contributed by atoms with Crippen LogP contribution >= 0.6 is 11.8 Å². The number of aromatic nitrogens is 4. The minimum absolute atomic E-state index is 0.227. The molecule has 0 saturated heterocycles. The van der Waals surface area contributed by atoms with Gasteiger partial charge in [-0.25, -0.2) is 14.9 Å². The van der Waals surface area contributed by atoms with E-state index in [1.165, 1.54) is 11.8 Å². The van der Waals surface area contributed by atoms with Gasteiger partial charge < -0.3 is 10.2 Å². The Kier molecular flexibility index (Phi) is 3.23. The quantitative estimate of drug-likeness (QED) is 0.711. The molecule has 3 N–H and O–H groups in total. The molecule has 20 heavy (non-hydrogen) atoms. The van der Waals surface area contributed by atoms with Crippen LogP contribution in [-0.2, 0) is 6.54 Å². The summed E-state index contributed by atoms with van der Waals surface area (Å²) in [6.07, 6.45) is 0.844. The van der Waals surface area contributed by atoms with Crippen molar-refractivity contribution in [3.8, 4) is 0 Å². The number of anilines is 1. The predicted molar refractivity (Wildman–Crippen MR) is 75.7 cm³/mol. The summed E-state index contributed by atoms with van der Waals surface area (Å²) in [7, 11) is 0. The van der Waals surface area contributed by atoms with Crippen molar-refractivity contribution in [1.82, 2.24) is 19.7 Å². The first-order chi connectivity index (χ1) is 9.67. The maximum Gasteiger partial charge on any atom is 0.343 e. The van der Waals surface area contributed by atoms with Gasteiger partial charge >= 0.3 is 5.69 Å². The zero-order valence-corrected chi connectivity index (χ0v) is 11.6. The average molecular weight is 291 g/mol. The van der Waals surface area contributed by atoms with Crippen LogP contribution in [0.25, 0.3) is 11.1 Å². The second-order valence-electron chi connectivity index (χ2n) is 4.27. The van der Waals surface area contributed by atoms with Crippen LogP contribution in [0.4, 0.5) is 5.69 Å². The molecule has 2 aromatic heterocycles. The minimum atomic E-state index is -0.227. The number of nitrogens with two attached hydrogens (primary N) is 1. The Balaban J connectivity index is 1.95. The molecule has 0 amide bonds. The smallest absolute Gasteiger partial charge is 0.343 e. The summed E-state index contributed by atoms with van der Waals surface area (Å²) in [6, 6.07) is 5.27. The Morgan fingerprint density at radius 2 is 2.35 bits per heavy atom. The molecule has 0 unspecified atom stereocenters. The molecule has 104 valence electrons. The van der Waals surface area contributed by atoms with Gasteiger partial charge in [0.1, 0.15) is 5.52 Å². The third kappa shape index (κ3) is 2.29. The lowest BCUT2D eigenvalue weighted by atomic mass is 10.3. The van der Waals surface area contributed by atoms with E-state index in [9.17, 15) is 4.79 Å². The molecule has 8 heteroatoms. The summed E-state index contributed by atoms with van der Waals surface area (Å²) in [5.74, 6) is 0. The fraction of sp³-hybridized carbons (Fsp3) is 0.250. The Morgan fingerprint density at radius 3 is 3.15 bits per heavy atom. The number of fused-ring (bicyclic) bond motifs is 1. The molecule has 2 heterocycles. The lowest BCUT2D eigenvalue weighted by Crippen LogP contribution is -2.17. The van der Waals surface area contributed by atoms with Crippen molar-refractivity contribution in [2.45, 2.75) is 30.3 Å². The molecular formula is C12H13N5O2S. The van der Waals surface area contributed by atoms with E-state index in [0.717, 1.165) is 6.42 Å². The number of nitrogens with one attached hydrogen (secondary N) is 1. The Bertz CT molecular complexity index is 804. The summed E-state index contributed by atoms with van der Waals surface area (Å²) in [5.41, 5.74) is 7.45. The van der Waals surface area contributed by atoms with Crippen molar-refractivity contribution in [3.63, 3.8) is 0 Å². The van der Waals surface area contributed by atoms with E-state index in [1.54, 1.807) is 22.8 Å². The normalized spacial score (nSPS) is 11.2. The van der Waals surface area contributed by atoms with E-state index in [4.69, 9.17) is 10.2 Å². The van der Waals surface area contributed by atoms with Crippen LogP contribution in [0.1, 0.15) is 13.3 Å². The Labute approximate surface area is 118 Å². The summed E-state index contributed by atoms with van der Waals surface area (Å²) in [4.78, 5) is 15.9. The van der Waals surface area contributed by atoms with E-state index in [0.29, 0.717) is 33.7 Å². The first kappa shape index (κ1) is 12.8. The molecule has 3 rings (SSSR count). The molecule has 0 aliphatic carbocycles. The van der Waals surface area contributed by atoms with Gasteiger partial charge in [0.2, 0.25) is 5.16 Å². The number of nitrogen functional groups attached to an aromatic ring is 1. The minimum Gasteiger partial charge on any atom is -0.431 e. The first-order valence-electron chi connectivity index (χ1n) is 6.16. The van der Waals surface area contributed by atoms with Crippen LogP contribution in [0.5, 0.6) is 0 Å². The van der Waals surface area contributed by atoms with Gasteiger partial charge in [0.05, 0.1) is 0 Å². The van der Waals surface area contributed by atoms with E-state index < -0.39 is 0 Å². The third-order valence-electron chi connectivity index (χ3n) is 2.74. The number of hydrogen-bond acceptors (Lipinski definition) is 6. The van der Waals surface area contributed by atoms with Gasteiger partial charge in [-0.05, 0) is 24.6 Å². The highest BCUT2D eigenvalue weighted by Gasteiger charge is 2.14. The number of H-pyrrole nitrogens is 1. The number of rotatable bonds is 4. The van der Waals surface area contributed by atoms with Crippen LogP contribution in [0.3, 0.4) is 0 Å². The molecule has 0 fully saturated rings. The Hall–Kier alpha value is -2.22. The summed E-state index contributed by atoms with van der Waals surface area (Å²) in [6.45, 7) is 2.60. The fourth-order valence-electron chi connectivity index (χ4n) is 1.85. The molecular weight excluding hydrogens is 278 g/mol. The highest BCUT2D eigenvalue weighted by Crippen LogP contribution is 2.28. The molecule has 0 aliphatic heterocycles. The van der Waals surface area contributed by atoms with Gasteiger partial charge in [0.25, 0.3) is 5.22 Å². The van der Waals surface area contributed by atoms with E-state index in [-0.39, 0.29) is 5.69 Å². The highest BCUT2D eigenvalue weighted by molar-refractivity contribution is 7.99. The topological polar surface area (TPSA) is 103 Å². The molecule has 7 nitrogen and oxygen atoms in total. The van der Waals surface area contributed by atoms with Gasteiger partial charge in [0.15, 0.2) is 5.58 Å². The highest BCUT2D eigenvalue weighted by atomic mass is 32.2. The molecule has 0 spiro atoms. The van der Waals surface area contributed by atoms with Gasteiger partial charge in [-0.1, -0.05) is 6.92 Å². The Morgan fingerprint density at radius 1 is 1.50 bits per heavy atom. The maximum atomic E-state index is 11.6. The predicted octanol–water partition coefficient (Wildman–Crippen LogP) is 1.86. The van der Waals surface area contributed by atoms with Crippen molar-refractivity contribution in [2.75, 3.05) is 5.73 Å². The molecule has 0 radical (unpaired) electrons. The molecule has 0 aliphatic rings. The zero-order valence-electron chi connectivity index (χ0n) is 10.8. The van der Waals surface area contributed by atoms with Crippen molar-refractivity contribution < 1.29 is 4.42 Å². The maximum absolute atomic E-state index is 11.6. The van der Waals surface area contributed by atoms with Gasteiger partial charge in [-0.2, -0.15) is 0 Å². The molecule has 1 aromatic carbocycles. The third-order valence-corrected chi connectivity index (χ3v) is 3.58. The number of hydrogen-bond donors (Lipinski definition) is 2. The summed E-state index contributed by atoms with van der Waals surface area (Å²) >= 11 is 1.21. The number of benzene rings is 1. The molecule has 0 atom stereocenters. The number of oxazole rings is 1. The van der Waals surface area contributed by atoms with E-state index in [2.05, 4.69) is 15.2 Å². The summed E-state index contributed by atoms with van der Waals surface area (Å²) in [5, 5.41) is 7.38. The second-order valence-corrected chi connectivity index (χ2v) is 5.19. The lowest BCUT2D eigenvalue weighted by Gasteiger charge is -1.99. The second kappa shape index (κ2) is 5.04. The van der Waals surface area contributed by atoms with Crippen molar-refractivity contribution in [3.05, 3.63) is 28.7 Å². The number of nitrogens with zero attached hydrogens (tertiary/aromatic N) is 3. The molecule has 0 bridgehead atoms. The summed E-state index contributed by atoms with van der Waals surface area (Å²) < 4.78 is 7.16. The fourth-order valence-corrected chi connectivity index (χ4v) is 2.65. The largest absolute Gasteiger partial charge is 0.431 e. The standard InChI is InChI=1S/C12H13N5O2S/c1-2-5-17-10(18)15-16-11(17)20-12-14-8-6-7(13)3-4-9(8)19-12/h3-4,6H,2,5,13H2,1H3,(H,15,18). The van der Waals surface area contributed by atoms with Gasteiger partial charge in [-0.15, -0.1) is 5.10 Å². The van der Waals surface area contributed by atoms with E-state index >= 15 is 0 Å². The van der Waals surface area contributed by atoms with Crippen LogP contribution in [0.2, 0.25) is 0 Å². The van der Waals surface area contributed by atoms with Gasteiger partial charge in [-0.3, -0.25) is 4.57 Å². The van der Waals surface area contributed by atoms with Crippen LogP contribution in [0, 0.1) is 0 Å². The molecule has 3 aromatic rings. The van der Waals surface area contributed by atoms with Crippen molar-refractivity contribution in [2.24, 2.45) is 0 Å². The first-order valence-corrected chi connectivity index (χ1v) is 6.98. The van der Waals surface area contributed by atoms with E-state index in [1.807, 2.05) is 6.92 Å². The zero-order chi connectivity index (χ0) is 14.1. The van der Waals surface area contributed by atoms with Crippen LogP contribution < -0.4 is 11.4 Å². The van der Waals surface area contributed by atoms with Crippen molar-refractivity contribution in [1.29, 1.82) is 0 Å². The lowest BCUT2D eigenvalue weighted by molar-refractivity contribution is 0.487. The number of aromatic amines is 1. The van der Waals surface area contributed by atoms with Crippen molar-refractivity contribution >= 4 is 28.5 Å². The van der Waals surface area contributed by atoms with Crippen LogP contribution in [0.15, 0.2) is 37.8 Å². The van der Waals surface area contributed by atoms with Gasteiger partial charge in [0, 0.05) is 24.0 Å².